The van der Waals surface area contributed by atoms with E-state index < -0.39 is 0 Å². The predicted molar refractivity (Wildman–Crippen MR) is 100 cm³/mol. The lowest BCUT2D eigenvalue weighted by Crippen LogP contribution is -2.04. The van der Waals surface area contributed by atoms with E-state index in [0.717, 1.165) is 35.0 Å². The second-order valence-electron chi connectivity index (χ2n) is 6.16. The van der Waals surface area contributed by atoms with Gasteiger partial charge in [-0.05, 0) is 23.8 Å². The van der Waals surface area contributed by atoms with Gasteiger partial charge in [0.15, 0.2) is 11.0 Å². The van der Waals surface area contributed by atoms with Gasteiger partial charge in [-0.2, -0.15) is 5.10 Å². The highest BCUT2D eigenvalue weighted by molar-refractivity contribution is 6.30. The van der Waals surface area contributed by atoms with Crippen molar-refractivity contribution < 1.29 is 0 Å². The highest BCUT2D eigenvalue weighted by atomic mass is 35.5. The first-order chi connectivity index (χ1) is 12.8. The lowest BCUT2D eigenvalue weighted by Gasteiger charge is -2.12. The Morgan fingerprint density at radius 3 is 2.85 bits per heavy atom. The fraction of sp³-hybridized carbons (Fsp3) is 0.105. The van der Waals surface area contributed by atoms with Crippen LogP contribution in [0.25, 0.3) is 17.1 Å². The van der Waals surface area contributed by atoms with Crippen molar-refractivity contribution in [1.82, 2.24) is 24.3 Å². The molecule has 0 atom stereocenters. The third kappa shape index (κ3) is 2.46. The SMILES string of the molecule is Clc1ncn2c1Cn1ncnc1-c1cc(NCc3ccccc3)ccc1-2. The smallest absolute Gasteiger partial charge is 0.160 e. The fourth-order valence-electron chi connectivity index (χ4n) is 3.27. The molecule has 0 saturated heterocycles. The van der Waals surface area contributed by atoms with E-state index in [0.29, 0.717) is 11.7 Å². The first kappa shape index (κ1) is 15.2. The molecular formula is C19H15ClN6. The summed E-state index contributed by atoms with van der Waals surface area (Å²) in [6.45, 7) is 1.30. The molecule has 0 unspecified atom stereocenters. The third-order valence-electron chi connectivity index (χ3n) is 4.57. The number of anilines is 1. The molecule has 0 fully saturated rings. The predicted octanol–water partition coefficient (Wildman–Crippen LogP) is 3.76. The molecule has 0 aliphatic carbocycles. The van der Waals surface area contributed by atoms with Crippen LogP contribution in [-0.2, 0) is 13.1 Å². The zero-order valence-electron chi connectivity index (χ0n) is 13.8. The summed E-state index contributed by atoms with van der Waals surface area (Å²) >= 11 is 6.27. The summed E-state index contributed by atoms with van der Waals surface area (Å²) in [6, 6.07) is 16.5. The minimum atomic E-state index is 0.491. The minimum Gasteiger partial charge on any atom is -0.381 e. The molecule has 0 radical (unpaired) electrons. The maximum atomic E-state index is 6.27. The Balaban J connectivity index is 1.57. The topological polar surface area (TPSA) is 60.6 Å². The molecule has 0 bridgehead atoms. The average molecular weight is 363 g/mol. The zero-order valence-corrected chi connectivity index (χ0v) is 14.6. The summed E-state index contributed by atoms with van der Waals surface area (Å²) < 4.78 is 3.86. The molecule has 2 aromatic heterocycles. The van der Waals surface area contributed by atoms with E-state index in [4.69, 9.17) is 11.6 Å². The van der Waals surface area contributed by atoms with Crippen LogP contribution in [0, 0.1) is 0 Å². The molecule has 1 aliphatic heterocycles. The van der Waals surface area contributed by atoms with Gasteiger partial charge < -0.3 is 5.32 Å². The first-order valence-electron chi connectivity index (χ1n) is 8.32. The summed E-state index contributed by atoms with van der Waals surface area (Å²) in [5.74, 6) is 0.822. The van der Waals surface area contributed by atoms with Crippen LogP contribution < -0.4 is 5.32 Å². The zero-order chi connectivity index (χ0) is 17.5. The van der Waals surface area contributed by atoms with Gasteiger partial charge >= 0.3 is 0 Å². The number of hydrogen-bond acceptors (Lipinski definition) is 4. The van der Waals surface area contributed by atoms with Crippen LogP contribution in [0.1, 0.15) is 11.3 Å². The Labute approximate surface area is 155 Å². The summed E-state index contributed by atoms with van der Waals surface area (Å²) in [5.41, 5.74) is 5.15. The molecule has 0 spiro atoms. The van der Waals surface area contributed by atoms with Crippen LogP contribution in [-0.4, -0.2) is 24.3 Å². The Bertz CT molecular complexity index is 1080. The van der Waals surface area contributed by atoms with Crippen molar-refractivity contribution in [1.29, 1.82) is 0 Å². The van der Waals surface area contributed by atoms with Crippen LogP contribution in [0.15, 0.2) is 61.2 Å². The van der Waals surface area contributed by atoms with Gasteiger partial charge in [0.25, 0.3) is 0 Å². The van der Waals surface area contributed by atoms with Gasteiger partial charge in [-0.25, -0.2) is 14.6 Å². The van der Waals surface area contributed by atoms with Crippen molar-refractivity contribution in [2.24, 2.45) is 0 Å². The van der Waals surface area contributed by atoms with Crippen LogP contribution in [0.4, 0.5) is 5.69 Å². The second-order valence-corrected chi connectivity index (χ2v) is 6.52. The van der Waals surface area contributed by atoms with Crippen LogP contribution >= 0.6 is 11.6 Å². The quantitative estimate of drug-likeness (QED) is 0.531. The molecule has 0 amide bonds. The van der Waals surface area contributed by atoms with E-state index >= 15 is 0 Å². The van der Waals surface area contributed by atoms with E-state index in [1.165, 1.54) is 5.56 Å². The number of fused-ring (bicyclic) bond motifs is 5. The lowest BCUT2D eigenvalue weighted by atomic mass is 10.1. The van der Waals surface area contributed by atoms with E-state index in [-0.39, 0.29) is 0 Å². The Hall–Kier alpha value is -3.12. The molecular weight excluding hydrogens is 348 g/mol. The molecule has 3 heterocycles. The van der Waals surface area contributed by atoms with E-state index in [1.54, 1.807) is 12.7 Å². The molecule has 26 heavy (non-hydrogen) atoms. The standard InChI is InChI=1S/C19H15ClN6/c20-18-17-10-26-19(22-11-24-26)15-8-14(6-7-16(15)25(17)12-23-18)21-9-13-4-2-1-3-5-13/h1-8,11-12,21H,9-10H2. The number of halogens is 1. The summed E-state index contributed by atoms with van der Waals surface area (Å²) in [4.78, 5) is 8.70. The number of nitrogens with zero attached hydrogens (tertiary/aromatic N) is 5. The van der Waals surface area contributed by atoms with Crippen molar-refractivity contribution in [2.75, 3.05) is 5.32 Å². The fourth-order valence-corrected chi connectivity index (χ4v) is 3.46. The van der Waals surface area contributed by atoms with E-state index in [9.17, 15) is 0 Å². The van der Waals surface area contributed by atoms with Gasteiger partial charge in [-0.1, -0.05) is 41.9 Å². The lowest BCUT2D eigenvalue weighted by molar-refractivity contribution is 0.677. The van der Waals surface area contributed by atoms with Gasteiger partial charge in [0, 0.05) is 17.8 Å². The first-order valence-corrected chi connectivity index (χ1v) is 8.69. The Morgan fingerprint density at radius 1 is 1.08 bits per heavy atom. The van der Waals surface area contributed by atoms with Crippen LogP contribution in [0.3, 0.4) is 0 Å². The molecule has 7 heteroatoms. The molecule has 6 nitrogen and oxygen atoms in total. The van der Waals surface area contributed by atoms with Crippen molar-refractivity contribution >= 4 is 17.3 Å². The largest absolute Gasteiger partial charge is 0.381 e. The normalized spacial score (nSPS) is 12.0. The Morgan fingerprint density at radius 2 is 1.96 bits per heavy atom. The number of benzene rings is 2. The van der Waals surface area contributed by atoms with Crippen molar-refractivity contribution in [3.05, 3.63) is 77.6 Å². The van der Waals surface area contributed by atoms with Crippen molar-refractivity contribution in [3.63, 3.8) is 0 Å². The number of rotatable bonds is 3. The summed E-state index contributed by atoms with van der Waals surface area (Å²) in [5, 5.41) is 8.31. The maximum Gasteiger partial charge on any atom is 0.160 e. The molecule has 4 aromatic rings. The van der Waals surface area contributed by atoms with E-state index in [2.05, 4.69) is 50.7 Å². The van der Waals surface area contributed by atoms with Gasteiger partial charge in [0.2, 0.25) is 0 Å². The molecule has 1 aliphatic rings. The highest BCUT2D eigenvalue weighted by Gasteiger charge is 2.23. The third-order valence-corrected chi connectivity index (χ3v) is 4.88. The van der Waals surface area contributed by atoms with Crippen LogP contribution in [0.5, 0.6) is 0 Å². The number of imidazole rings is 1. The molecule has 0 saturated carbocycles. The highest BCUT2D eigenvalue weighted by Crippen LogP contribution is 2.34. The van der Waals surface area contributed by atoms with Gasteiger partial charge in [-0.3, -0.25) is 4.57 Å². The summed E-state index contributed by atoms with van der Waals surface area (Å²) in [7, 11) is 0. The van der Waals surface area contributed by atoms with Gasteiger partial charge in [-0.15, -0.1) is 0 Å². The van der Waals surface area contributed by atoms with Crippen molar-refractivity contribution in [2.45, 2.75) is 13.1 Å². The molecule has 2 aromatic carbocycles. The number of nitrogens with one attached hydrogen (secondary N) is 1. The van der Waals surface area contributed by atoms with Crippen LogP contribution in [0.2, 0.25) is 5.15 Å². The van der Waals surface area contributed by atoms with Gasteiger partial charge in [0.1, 0.15) is 12.7 Å². The minimum absolute atomic E-state index is 0.491. The monoisotopic (exact) mass is 362 g/mol. The van der Waals surface area contributed by atoms with E-state index in [1.807, 2.05) is 27.4 Å². The summed E-state index contributed by atoms with van der Waals surface area (Å²) in [6.07, 6.45) is 3.32. The molecule has 1 N–H and O–H groups in total. The Kier molecular flexibility index (Phi) is 3.50. The maximum absolute atomic E-state index is 6.27. The number of aromatic nitrogens is 5. The van der Waals surface area contributed by atoms with Crippen molar-refractivity contribution in [3.8, 4) is 17.1 Å². The second kappa shape index (κ2) is 6.00. The molecule has 128 valence electrons. The average Bonchev–Trinajstić information content (AvgIpc) is 3.26. The number of hydrogen-bond donors (Lipinski definition) is 1. The molecule has 5 rings (SSSR count). The van der Waals surface area contributed by atoms with Gasteiger partial charge in [0.05, 0.1) is 17.9 Å².